The zero-order chi connectivity index (χ0) is 12.4. The number of aliphatic hydroxyl groups is 1. The summed E-state index contributed by atoms with van der Waals surface area (Å²) in [4.78, 5) is 3.58. The van der Waals surface area contributed by atoms with Gasteiger partial charge in [0.05, 0.1) is 6.20 Å². The molecule has 1 heterocycles. The second-order valence-electron chi connectivity index (χ2n) is 3.82. The number of benzene rings is 1. The van der Waals surface area contributed by atoms with Crippen molar-refractivity contribution in [3.8, 4) is 0 Å². The molecule has 1 unspecified atom stereocenters. The fourth-order valence-electron chi connectivity index (χ4n) is 1.65. The van der Waals surface area contributed by atoms with Gasteiger partial charge in [-0.2, -0.15) is 0 Å². The average molecular weight is 235 g/mol. The lowest BCUT2D eigenvalue weighted by Gasteiger charge is -2.13. The molecule has 0 saturated heterocycles. The molecule has 1 N–H and O–H groups in total. The van der Waals surface area contributed by atoms with Crippen LogP contribution in [0.3, 0.4) is 0 Å². The Morgan fingerprint density at radius 2 is 1.88 bits per heavy atom. The van der Waals surface area contributed by atoms with E-state index in [1.54, 1.807) is 13.0 Å². The van der Waals surface area contributed by atoms with Gasteiger partial charge in [-0.05, 0) is 19.1 Å². The second-order valence-corrected chi connectivity index (χ2v) is 3.82. The number of pyridine rings is 1. The topological polar surface area (TPSA) is 33.1 Å². The SMILES string of the molecule is Cc1ccc(F)c(C(O)c2ccncc2F)c1. The molecular weight excluding hydrogens is 224 g/mol. The van der Waals surface area contributed by atoms with Gasteiger partial charge in [-0.3, -0.25) is 4.98 Å². The number of hydrogen-bond donors (Lipinski definition) is 1. The van der Waals surface area contributed by atoms with Crippen LogP contribution in [-0.4, -0.2) is 10.1 Å². The van der Waals surface area contributed by atoms with Crippen LogP contribution < -0.4 is 0 Å². The summed E-state index contributed by atoms with van der Waals surface area (Å²) in [6.45, 7) is 1.78. The van der Waals surface area contributed by atoms with Gasteiger partial charge in [-0.1, -0.05) is 17.7 Å². The van der Waals surface area contributed by atoms with E-state index in [-0.39, 0.29) is 11.1 Å². The molecule has 0 radical (unpaired) electrons. The van der Waals surface area contributed by atoms with Crippen LogP contribution in [0.2, 0.25) is 0 Å². The predicted octanol–water partition coefficient (Wildman–Crippen LogP) is 2.75. The van der Waals surface area contributed by atoms with E-state index in [2.05, 4.69) is 4.98 Å². The van der Waals surface area contributed by atoms with Crippen LogP contribution in [0.5, 0.6) is 0 Å². The normalized spacial score (nSPS) is 12.5. The Hall–Kier alpha value is -1.81. The van der Waals surface area contributed by atoms with E-state index in [1.807, 2.05) is 0 Å². The maximum atomic E-state index is 13.5. The molecule has 0 aliphatic carbocycles. The third-order valence-corrected chi connectivity index (χ3v) is 2.54. The monoisotopic (exact) mass is 235 g/mol. The summed E-state index contributed by atoms with van der Waals surface area (Å²) in [7, 11) is 0. The van der Waals surface area contributed by atoms with E-state index in [0.717, 1.165) is 11.8 Å². The first-order valence-corrected chi connectivity index (χ1v) is 5.13. The van der Waals surface area contributed by atoms with E-state index < -0.39 is 17.7 Å². The molecule has 2 nitrogen and oxygen atoms in total. The highest BCUT2D eigenvalue weighted by atomic mass is 19.1. The van der Waals surface area contributed by atoms with Crippen LogP contribution in [0.15, 0.2) is 36.7 Å². The summed E-state index contributed by atoms with van der Waals surface area (Å²) in [6, 6.07) is 5.68. The van der Waals surface area contributed by atoms with Crippen molar-refractivity contribution in [3.63, 3.8) is 0 Å². The number of nitrogens with zero attached hydrogens (tertiary/aromatic N) is 1. The molecule has 0 bridgehead atoms. The fraction of sp³-hybridized carbons (Fsp3) is 0.154. The minimum atomic E-state index is -1.32. The maximum absolute atomic E-state index is 13.5. The lowest BCUT2D eigenvalue weighted by atomic mass is 10.00. The highest BCUT2D eigenvalue weighted by molar-refractivity contribution is 5.33. The molecule has 1 aromatic carbocycles. The summed E-state index contributed by atoms with van der Waals surface area (Å²) in [6.07, 6.45) is 1.03. The quantitative estimate of drug-likeness (QED) is 0.868. The van der Waals surface area contributed by atoms with Gasteiger partial charge in [0.15, 0.2) is 0 Å². The van der Waals surface area contributed by atoms with Crippen LogP contribution in [0, 0.1) is 18.6 Å². The van der Waals surface area contributed by atoms with Crippen molar-refractivity contribution in [3.05, 3.63) is 65.0 Å². The summed E-state index contributed by atoms with van der Waals surface area (Å²) in [5.41, 5.74) is 0.884. The first-order valence-electron chi connectivity index (χ1n) is 5.13. The molecule has 4 heteroatoms. The van der Waals surface area contributed by atoms with Gasteiger partial charge in [-0.25, -0.2) is 8.78 Å². The Labute approximate surface area is 97.6 Å². The summed E-state index contributed by atoms with van der Waals surface area (Å²) >= 11 is 0. The molecule has 0 spiro atoms. The average Bonchev–Trinajstić information content (AvgIpc) is 2.32. The van der Waals surface area contributed by atoms with Crippen LogP contribution >= 0.6 is 0 Å². The minimum absolute atomic E-state index is 0.0181. The summed E-state index contributed by atoms with van der Waals surface area (Å²) < 4.78 is 27.0. The molecule has 0 aliphatic rings. The van der Waals surface area contributed by atoms with Gasteiger partial charge in [-0.15, -0.1) is 0 Å². The van der Waals surface area contributed by atoms with Crippen molar-refractivity contribution in [2.45, 2.75) is 13.0 Å². The van der Waals surface area contributed by atoms with Crippen molar-refractivity contribution >= 4 is 0 Å². The molecular formula is C13H11F2NO. The zero-order valence-electron chi connectivity index (χ0n) is 9.19. The van der Waals surface area contributed by atoms with Crippen molar-refractivity contribution in [2.75, 3.05) is 0 Å². The standard InChI is InChI=1S/C13H11F2NO/c1-8-2-3-11(14)10(6-8)13(17)9-4-5-16-7-12(9)15/h2-7,13,17H,1H3. The fourth-order valence-corrected chi connectivity index (χ4v) is 1.65. The van der Waals surface area contributed by atoms with Crippen LogP contribution in [0.1, 0.15) is 22.8 Å². The third-order valence-electron chi connectivity index (χ3n) is 2.54. The molecule has 0 saturated carbocycles. The number of halogens is 2. The van der Waals surface area contributed by atoms with E-state index in [4.69, 9.17) is 0 Å². The summed E-state index contributed by atoms with van der Waals surface area (Å²) in [5, 5.41) is 9.97. The number of hydrogen-bond acceptors (Lipinski definition) is 2. The minimum Gasteiger partial charge on any atom is -0.383 e. The number of aliphatic hydroxyl groups excluding tert-OH is 1. The van der Waals surface area contributed by atoms with Crippen LogP contribution in [0.25, 0.3) is 0 Å². The Morgan fingerprint density at radius 3 is 2.59 bits per heavy atom. The molecule has 17 heavy (non-hydrogen) atoms. The van der Waals surface area contributed by atoms with Gasteiger partial charge in [0.25, 0.3) is 0 Å². The highest BCUT2D eigenvalue weighted by Gasteiger charge is 2.18. The number of aryl methyl sites for hydroxylation is 1. The lowest BCUT2D eigenvalue weighted by molar-refractivity contribution is 0.209. The zero-order valence-corrected chi connectivity index (χ0v) is 9.19. The van der Waals surface area contributed by atoms with Crippen molar-refractivity contribution < 1.29 is 13.9 Å². The second kappa shape index (κ2) is 4.59. The smallest absolute Gasteiger partial charge is 0.147 e. The largest absolute Gasteiger partial charge is 0.383 e. The van der Waals surface area contributed by atoms with E-state index in [1.165, 1.54) is 24.4 Å². The van der Waals surface area contributed by atoms with Crippen molar-refractivity contribution in [2.24, 2.45) is 0 Å². The van der Waals surface area contributed by atoms with Gasteiger partial charge < -0.3 is 5.11 Å². The van der Waals surface area contributed by atoms with Crippen molar-refractivity contribution in [1.29, 1.82) is 0 Å². The molecule has 2 rings (SSSR count). The maximum Gasteiger partial charge on any atom is 0.147 e. The van der Waals surface area contributed by atoms with E-state index >= 15 is 0 Å². The van der Waals surface area contributed by atoms with Crippen LogP contribution in [-0.2, 0) is 0 Å². The molecule has 0 amide bonds. The van der Waals surface area contributed by atoms with Crippen LogP contribution in [0.4, 0.5) is 8.78 Å². The summed E-state index contributed by atoms with van der Waals surface area (Å²) in [5.74, 6) is -1.21. The van der Waals surface area contributed by atoms with Gasteiger partial charge in [0.2, 0.25) is 0 Å². The lowest BCUT2D eigenvalue weighted by Crippen LogP contribution is -2.05. The molecule has 88 valence electrons. The molecule has 1 aromatic heterocycles. The van der Waals surface area contributed by atoms with Gasteiger partial charge in [0, 0.05) is 17.3 Å². The third kappa shape index (κ3) is 2.31. The first kappa shape index (κ1) is 11.7. The van der Waals surface area contributed by atoms with Gasteiger partial charge in [0.1, 0.15) is 17.7 Å². The number of rotatable bonds is 2. The van der Waals surface area contributed by atoms with Gasteiger partial charge >= 0.3 is 0 Å². The number of aromatic nitrogens is 1. The Balaban J connectivity index is 2.47. The van der Waals surface area contributed by atoms with E-state index in [9.17, 15) is 13.9 Å². The highest BCUT2D eigenvalue weighted by Crippen LogP contribution is 2.26. The Morgan fingerprint density at radius 1 is 1.12 bits per heavy atom. The molecule has 0 fully saturated rings. The first-order chi connectivity index (χ1) is 8.09. The predicted molar refractivity (Wildman–Crippen MR) is 59.4 cm³/mol. The Kier molecular flexibility index (Phi) is 3.15. The molecule has 0 aliphatic heterocycles. The van der Waals surface area contributed by atoms with Crippen molar-refractivity contribution in [1.82, 2.24) is 4.98 Å². The Bertz CT molecular complexity index is 543. The molecule has 2 aromatic rings. The van der Waals surface area contributed by atoms with E-state index in [0.29, 0.717) is 0 Å². The molecule has 1 atom stereocenters.